The third kappa shape index (κ3) is 4.67. The highest BCUT2D eigenvalue weighted by Crippen LogP contribution is 2.34. The van der Waals surface area contributed by atoms with Crippen molar-refractivity contribution in [2.75, 3.05) is 18.8 Å². The van der Waals surface area contributed by atoms with Crippen LogP contribution in [0.25, 0.3) is 0 Å². The van der Waals surface area contributed by atoms with Crippen LogP contribution >= 0.6 is 11.8 Å². The van der Waals surface area contributed by atoms with Crippen molar-refractivity contribution < 1.29 is 4.79 Å². The van der Waals surface area contributed by atoms with E-state index in [4.69, 9.17) is 0 Å². The van der Waals surface area contributed by atoms with Crippen LogP contribution in [0.1, 0.15) is 43.9 Å². The van der Waals surface area contributed by atoms with Crippen molar-refractivity contribution in [3.63, 3.8) is 0 Å². The van der Waals surface area contributed by atoms with Gasteiger partial charge in [0.1, 0.15) is 0 Å². The van der Waals surface area contributed by atoms with Crippen molar-refractivity contribution in [3.8, 4) is 0 Å². The number of carbonyl (C=O) groups is 1. The zero-order valence-electron chi connectivity index (χ0n) is 13.0. The Kier molecular flexibility index (Phi) is 6.43. The van der Waals surface area contributed by atoms with Gasteiger partial charge in [0.05, 0.1) is 0 Å². The van der Waals surface area contributed by atoms with Crippen molar-refractivity contribution in [1.29, 1.82) is 0 Å². The number of amides is 2. The molecule has 0 bridgehead atoms. The number of carbonyl (C=O) groups excluding carboxylic acids is 1. The highest BCUT2D eigenvalue weighted by Gasteiger charge is 2.22. The van der Waals surface area contributed by atoms with Crippen LogP contribution in [0.3, 0.4) is 0 Å². The topological polar surface area (TPSA) is 32.3 Å². The van der Waals surface area contributed by atoms with Gasteiger partial charge in [0.15, 0.2) is 0 Å². The molecule has 3 nitrogen and oxygen atoms in total. The maximum absolute atomic E-state index is 12.3. The summed E-state index contributed by atoms with van der Waals surface area (Å²) in [6, 6.07) is 11.0. The molecule has 1 heterocycles. The highest BCUT2D eigenvalue weighted by atomic mass is 32.2. The van der Waals surface area contributed by atoms with Crippen LogP contribution in [0.2, 0.25) is 0 Å². The molecule has 1 aliphatic heterocycles. The Hall–Kier alpha value is -1.16. The lowest BCUT2D eigenvalue weighted by atomic mass is 10.1. The fourth-order valence-corrected chi connectivity index (χ4v) is 3.90. The molecule has 1 fully saturated rings. The average molecular weight is 306 g/mol. The number of rotatable bonds is 4. The van der Waals surface area contributed by atoms with E-state index in [1.165, 1.54) is 5.56 Å². The van der Waals surface area contributed by atoms with Crippen LogP contribution in [-0.4, -0.2) is 35.8 Å². The van der Waals surface area contributed by atoms with E-state index in [0.29, 0.717) is 11.3 Å². The summed E-state index contributed by atoms with van der Waals surface area (Å²) in [4.78, 5) is 14.3. The van der Waals surface area contributed by atoms with Crippen LogP contribution < -0.4 is 5.32 Å². The summed E-state index contributed by atoms with van der Waals surface area (Å²) in [7, 11) is 0. The molecule has 4 heteroatoms. The highest BCUT2D eigenvalue weighted by molar-refractivity contribution is 7.99. The molecule has 1 N–H and O–H groups in total. The van der Waals surface area contributed by atoms with E-state index in [1.54, 1.807) is 0 Å². The van der Waals surface area contributed by atoms with Gasteiger partial charge in [-0.2, -0.15) is 11.8 Å². The molecule has 1 aromatic rings. The second-order valence-electron chi connectivity index (χ2n) is 5.51. The van der Waals surface area contributed by atoms with Crippen molar-refractivity contribution in [1.82, 2.24) is 10.2 Å². The Bertz CT molecular complexity index is 434. The zero-order valence-corrected chi connectivity index (χ0v) is 13.9. The summed E-state index contributed by atoms with van der Waals surface area (Å²) in [5.74, 6) is 1.01. The van der Waals surface area contributed by atoms with Crippen LogP contribution in [0.15, 0.2) is 30.3 Å². The van der Waals surface area contributed by atoms with E-state index in [9.17, 15) is 4.79 Å². The normalized spacial score (nSPS) is 19.4. The first-order chi connectivity index (χ1) is 10.2. The van der Waals surface area contributed by atoms with E-state index < -0.39 is 0 Å². The lowest BCUT2D eigenvalue weighted by Gasteiger charge is -2.24. The summed E-state index contributed by atoms with van der Waals surface area (Å²) < 4.78 is 0. The molecule has 1 atom stereocenters. The maximum atomic E-state index is 12.3. The van der Waals surface area contributed by atoms with Gasteiger partial charge in [-0.25, -0.2) is 4.79 Å². The number of hydrogen-bond donors (Lipinski definition) is 1. The summed E-state index contributed by atoms with van der Waals surface area (Å²) in [6.07, 6.45) is 3.03. The van der Waals surface area contributed by atoms with E-state index in [0.717, 1.165) is 38.1 Å². The van der Waals surface area contributed by atoms with Gasteiger partial charge >= 0.3 is 6.03 Å². The van der Waals surface area contributed by atoms with Crippen LogP contribution in [-0.2, 0) is 0 Å². The molecule has 0 saturated carbocycles. The first-order valence-electron chi connectivity index (χ1n) is 7.96. The van der Waals surface area contributed by atoms with Gasteiger partial charge in [-0.05, 0) is 24.8 Å². The summed E-state index contributed by atoms with van der Waals surface area (Å²) in [5.41, 5.74) is 1.38. The zero-order chi connectivity index (χ0) is 15.1. The Morgan fingerprint density at radius 1 is 1.29 bits per heavy atom. The fraction of sp³-hybridized carbons (Fsp3) is 0.588. The molecule has 1 aromatic carbocycles. The molecular formula is C17H26N2OS. The Labute approximate surface area is 132 Å². The van der Waals surface area contributed by atoms with Crippen molar-refractivity contribution in [2.24, 2.45) is 0 Å². The first kappa shape index (κ1) is 16.2. The van der Waals surface area contributed by atoms with Crippen LogP contribution in [0.5, 0.6) is 0 Å². The van der Waals surface area contributed by atoms with E-state index >= 15 is 0 Å². The smallest absolute Gasteiger partial charge is 0.317 e. The molecule has 116 valence electrons. The predicted octanol–water partition coefficient (Wildman–Crippen LogP) is 4.06. The molecule has 2 rings (SSSR count). The third-order valence-corrected chi connectivity index (χ3v) is 5.44. The Morgan fingerprint density at radius 2 is 2.00 bits per heavy atom. The molecule has 1 saturated heterocycles. The number of benzene rings is 1. The SMILES string of the molecule is CCC(CC)NC(=O)N1CCSC(c2ccccc2)CC1. The van der Waals surface area contributed by atoms with Gasteiger partial charge in [-0.1, -0.05) is 44.2 Å². The van der Waals surface area contributed by atoms with Crippen LogP contribution in [0.4, 0.5) is 4.79 Å². The lowest BCUT2D eigenvalue weighted by Crippen LogP contribution is -2.45. The first-order valence-corrected chi connectivity index (χ1v) is 9.01. The number of urea groups is 1. The Balaban J connectivity index is 1.90. The lowest BCUT2D eigenvalue weighted by molar-refractivity contribution is 0.196. The van der Waals surface area contributed by atoms with Gasteiger partial charge in [0, 0.05) is 30.1 Å². The summed E-state index contributed by atoms with van der Waals surface area (Å²) in [5, 5.41) is 3.66. The number of thioether (sulfide) groups is 1. The van der Waals surface area contributed by atoms with Crippen LogP contribution in [0, 0.1) is 0 Å². The predicted molar refractivity (Wildman–Crippen MR) is 90.7 cm³/mol. The second kappa shape index (κ2) is 8.32. The van der Waals surface area contributed by atoms with Gasteiger partial charge in [0.2, 0.25) is 0 Å². The standard InChI is InChI=1S/C17H26N2OS/c1-3-15(4-2)18-17(20)19-11-10-16(21-13-12-19)14-8-6-5-7-9-14/h5-9,15-16H,3-4,10-13H2,1-2H3,(H,18,20). The van der Waals surface area contributed by atoms with E-state index in [2.05, 4.69) is 49.5 Å². The monoisotopic (exact) mass is 306 g/mol. The molecule has 0 spiro atoms. The summed E-state index contributed by atoms with van der Waals surface area (Å²) in [6.45, 7) is 5.94. The van der Waals surface area contributed by atoms with E-state index in [-0.39, 0.29) is 6.03 Å². The van der Waals surface area contributed by atoms with Gasteiger partial charge in [-0.15, -0.1) is 0 Å². The minimum atomic E-state index is 0.109. The fourth-order valence-electron chi connectivity index (χ4n) is 2.67. The number of nitrogens with zero attached hydrogens (tertiary/aromatic N) is 1. The Morgan fingerprint density at radius 3 is 2.67 bits per heavy atom. The number of nitrogens with one attached hydrogen (secondary N) is 1. The molecule has 0 aromatic heterocycles. The number of hydrogen-bond acceptors (Lipinski definition) is 2. The average Bonchev–Trinajstić information content (AvgIpc) is 2.79. The van der Waals surface area contributed by atoms with Gasteiger partial charge in [-0.3, -0.25) is 0 Å². The quantitative estimate of drug-likeness (QED) is 0.909. The molecule has 21 heavy (non-hydrogen) atoms. The summed E-state index contributed by atoms with van der Waals surface area (Å²) >= 11 is 1.97. The second-order valence-corrected chi connectivity index (χ2v) is 6.82. The van der Waals surface area contributed by atoms with E-state index in [1.807, 2.05) is 16.7 Å². The molecule has 1 unspecified atom stereocenters. The van der Waals surface area contributed by atoms with Gasteiger partial charge < -0.3 is 10.2 Å². The minimum absolute atomic E-state index is 0.109. The van der Waals surface area contributed by atoms with Crippen molar-refractivity contribution in [3.05, 3.63) is 35.9 Å². The maximum Gasteiger partial charge on any atom is 0.317 e. The van der Waals surface area contributed by atoms with Crippen molar-refractivity contribution in [2.45, 2.75) is 44.4 Å². The molecule has 2 amide bonds. The van der Waals surface area contributed by atoms with Crippen molar-refractivity contribution >= 4 is 17.8 Å². The minimum Gasteiger partial charge on any atom is -0.335 e. The van der Waals surface area contributed by atoms with Gasteiger partial charge in [0.25, 0.3) is 0 Å². The molecular weight excluding hydrogens is 280 g/mol. The molecule has 0 aliphatic carbocycles. The molecule has 0 radical (unpaired) electrons. The molecule has 1 aliphatic rings. The third-order valence-electron chi connectivity index (χ3n) is 4.11. The largest absolute Gasteiger partial charge is 0.335 e.